The van der Waals surface area contributed by atoms with Crippen molar-refractivity contribution in [3.8, 4) is 0 Å². The van der Waals surface area contributed by atoms with Gasteiger partial charge in [0.1, 0.15) is 5.57 Å². The maximum absolute atomic E-state index is 12.5. The van der Waals surface area contributed by atoms with Crippen molar-refractivity contribution in [1.29, 1.82) is 0 Å². The topological polar surface area (TPSA) is 75.7 Å². The molecule has 2 heterocycles. The van der Waals surface area contributed by atoms with Crippen molar-refractivity contribution >= 4 is 41.0 Å². The second kappa shape index (κ2) is 6.10. The van der Waals surface area contributed by atoms with Crippen LogP contribution in [0, 0.1) is 0 Å². The predicted molar refractivity (Wildman–Crippen MR) is 85.3 cm³/mol. The van der Waals surface area contributed by atoms with E-state index in [1.54, 1.807) is 24.3 Å². The van der Waals surface area contributed by atoms with Gasteiger partial charge < -0.3 is 10.1 Å². The third-order valence-corrected chi connectivity index (χ3v) is 4.70. The second-order valence-electron chi connectivity index (χ2n) is 4.73. The van der Waals surface area contributed by atoms with Crippen LogP contribution in [-0.2, 0) is 14.3 Å². The van der Waals surface area contributed by atoms with E-state index in [1.807, 2.05) is 0 Å². The fraction of sp³-hybridized carbons (Fsp3) is 0.133. The quantitative estimate of drug-likeness (QED) is 0.509. The number of thioether (sulfide) groups is 1. The first-order valence-corrected chi connectivity index (χ1v) is 7.83. The molecule has 3 rings (SSSR count). The fourth-order valence-electron chi connectivity index (χ4n) is 2.15. The van der Waals surface area contributed by atoms with Crippen molar-refractivity contribution in [1.82, 2.24) is 10.2 Å². The van der Waals surface area contributed by atoms with E-state index in [9.17, 15) is 14.4 Å². The molecule has 8 heteroatoms. The van der Waals surface area contributed by atoms with Gasteiger partial charge in [0.15, 0.2) is 5.50 Å². The molecule has 0 bridgehead atoms. The third kappa shape index (κ3) is 2.85. The van der Waals surface area contributed by atoms with E-state index in [4.69, 9.17) is 11.6 Å². The molecule has 0 aromatic heterocycles. The minimum Gasteiger partial charge on any atom is -0.465 e. The number of hydrogen-bond donors (Lipinski definition) is 1. The summed E-state index contributed by atoms with van der Waals surface area (Å²) < 4.78 is 4.56. The highest BCUT2D eigenvalue weighted by molar-refractivity contribution is 8.04. The average molecular weight is 351 g/mol. The van der Waals surface area contributed by atoms with Crippen molar-refractivity contribution in [3.63, 3.8) is 0 Å². The van der Waals surface area contributed by atoms with Crippen molar-refractivity contribution in [2.24, 2.45) is 0 Å². The molecular weight excluding hydrogens is 340 g/mol. The highest BCUT2D eigenvalue weighted by Crippen LogP contribution is 2.36. The maximum Gasteiger partial charge on any atom is 0.345 e. The first kappa shape index (κ1) is 15.6. The summed E-state index contributed by atoms with van der Waals surface area (Å²) in [5.41, 5.74) is -0.0930. The number of ether oxygens (including phenoxy) is 1. The third-order valence-electron chi connectivity index (χ3n) is 3.32. The lowest BCUT2D eigenvalue weighted by molar-refractivity contribution is -0.140. The number of amides is 1. The van der Waals surface area contributed by atoms with Crippen molar-refractivity contribution in [2.45, 2.75) is 5.50 Å². The Labute approximate surface area is 141 Å². The lowest BCUT2D eigenvalue weighted by Gasteiger charge is -2.27. The summed E-state index contributed by atoms with van der Waals surface area (Å²) in [5, 5.41) is 3.44. The van der Waals surface area contributed by atoms with Crippen molar-refractivity contribution in [2.75, 3.05) is 7.11 Å². The Hall–Kier alpha value is -2.25. The van der Waals surface area contributed by atoms with Crippen LogP contribution in [0.4, 0.5) is 0 Å². The number of ketones is 1. The Morgan fingerprint density at radius 2 is 2.00 bits per heavy atom. The van der Waals surface area contributed by atoms with Crippen LogP contribution >= 0.6 is 23.4 Å². The molecule has 1 unspecified atom stereocenters. The molecule has 1 aromatic carbocycles. The van der Waals surface area contributed by atoms with E-state index in [1.165, 1.54) is 36.2 Å². The molecule has 23 heavy (non-hydrogen) atoms. The summed E-state index contributed by atoms with van der Waals surface area (Å²) in [6.45, 7) is 0. The summed E-state index contributed by atoms with van der Waals surface area (Å²) >= 11 is 7.01. The summed E-state index contributed by atoms with van der Waals surface area (Å²) in [4.78, 5) is 38.0. The number of hydrogen-bond acceptors (Lipinski definition) is 6. The minimum atomic E-state index is -0.725. The van der Waals surface area contributed by atoms with Gasteiger partial charge in [-0.25, -0.2) is 4.79 Å². The largest absolute Gasteiger partial charge is 0.465 e. The Morgan fingerprint density at radius 1 is 1.30 bits per heavy atom. The number of methoxy groups -OCH3 is 1. The smallest absolute Gasteiger partial charge is 0.345 e. The van der Waals surface area contributed by atoms with Crippen LogP contribution in [0.15, 0.2) is 47.1 Å². The fourth-order valence-corrected chi connectivity index (χ4v) is 3.32. The monoisotopic (exact) mass is 350 g/mol. The van der Waals surface area contributed by atoms with Gasteiger partial charge in [-0.2, -0.15) is 0 Å². The zero-order valence-electron chi connectivity index (χ0n) is 11.9. The Morgan fingerprint density at radius 3 is 2.65 bits per heavy atom. The van der Waals surface area contributed by atoms with Gasteiger partial charge in [-0.15, -0.1) is 0 Å². The number of nitrogens with one attached hydrogen (secondary N) is 1. The summed E-state index contributed by atoms with van der Waals surface area (Å²) in [6.07, 6.45) is 2.75. The van der Waals surface area contributed by atoms with E-state index >= 15 is 0 Å². The second-order valence-corrected chi connectivity index (χ2v) is 6.29. The molecule has 2 aliphatic heterocycles. The number of halogens is 1. The molecule has 0 spiro atoms. The zero-order valence-corrected chi connectivity index (χ0v) is 13.5. The maximum atomic E-state index is 12.5. The molecule has 0 aliphatic carbocycles. The standard InChI is InChI=1S/C15H11ClN2O4S/c1-22-14(21)10-6-17-15-18(13(10)20)7-11(23-15)12(19)8-2-4-9(16)5-3-8/h2-7,15,17H,1H3. The zero-order chi connectivity index (χ0) is 16.6. The van der Waals surface area contributed by atoms with Crippen LogP contribution in [-0.4, -0.2) is 35.2 Å². The molecule has 0 saturated carbocycles. The normalized spacial score (nSPS) is 19.5. The molecule has 118 valence electrons. The molecule has 1 amide bonds. The highest BCUT2D eigenvalue weighted by Gasteiger charge is 2.39. The summed E-state index contributed by atoms with van der Waals surface area (Å²) in [5.74, 6) is -1.45. The number of fused-ring (bicyclic) bond motifs is 1. The highest BCUT2D eigenvalue weighted by atomic mass is 35.5. The lowest BCUT2D eigenvalue weighted by Crippen LogP contribution is -2.45. The molecule has 1 aromatic rings. The number of carbonyl (C=O) groups excluding carboxylic acids is 3. The van der Waals surface area contributed by atoms with Gasteiger partial charge in [0.25, 0.3) is 5.91 Å². The van der Waals surface area contributed by atoms with Crippen LogP contribution < -0.4 is 5.32 Å². The Balaban J connectivity index is 1.83. The van der Waals surface area contributed by atoms with Gasteiger partial charge in [0.2, 0.25) is 5.78 Å². The van der Waals surface area contributed by atoms with E-state index in [0.29, 0.717) is 15.5 Å². The number of nitrogens with zero attached hydrogens (tertiary/aromatic N) is 1. The Bertz CT molecular complexity index is 757. The molecule has 6 nitrogen and oxygen atoms in total. The van der Waals surface area contributed by atoms with Gasteiger partial charge >= 0.3 is 5.97 Å². The molecule has 1 atom stereocenters. The number of carbonyl (C=O) groups is 3. The van der Waals surface area contributed by atoms with Crippen LogP contribution in [0.3, 0.4) is 0 Å². The number of rotatable bonds is 3. The molecule has 0 saturated heterocycles. The SMILES string of the molecule is COC(=O)C1=CNC2SC(C(=O)c3ccc(Cl)cc3)=CN2C1=O. The minimum absolute atomic E-state index is 0.110. The van der Waals surface area contributed by atoms with E-state index in [0.717, 1.165) is 0 Å². The van der Waals surface area contributed by atoms with Crippen LogP contribution in [0.2, 0.25) is 5.02 Å². The Kier molecular flexibility index (Phi) is 4.14. The molecule has 2 aliphatic rings. The van der Waals surface area contributed by atoms with Gasteiger partial charge in [0, 0.05) is 23.0 Å². The molecule has 0 radical (unpaired) electrons. The van der Waals surface area contributed by atoms with Crippen molar-refractivity contribution < 1.29 is 19.1 Å². The van der Waals surface area contributed by atoms with E-state index in [-0.39, 0.29) is 11.4 Å². The number of allylic oxidation sites excluding steroid dienone is 1. The van der Waals surface area contributed by atoms with Crippen molar-refractivity contribution in [3.05, 3.63) is 57.7 Å². The lowest BCUT2D eigenvalue weighted by atomic mass is 10.1. The van der Waals surface area contributed by atoms with Gasteiger partial charge in [-0.1, -0.05) is 23.4 Å². The van der Waals surface area contributed by atoms with Crippen LogP contribution in [0.25, 0.3) is 0 Å². The van der Waals surface area contributed by atoms with E-state index in [2.05, 4.69) is 10.1 Å². The first-order valence-electron chi connectivity index (χ1n) is 6.57. The van der Waals surface area contributed by atoms with E-state index < -0.39 is 17.4 Å². The summed E-state index contributed by atoms with van der Waals surface area (Å²) in [7, 11) is 1.20. The molecule has 0 fully saturated rings. The predicted octanol–water partition coefficient (Wildman–Crippen LogP) is 1.88. The summed E-state index contributed by atoms with van der Waals surface area (Å²) in [6, 6.07) is 6.50. The van der Waals surface area contributed by atoms with Crippen LogP contribution in [0.5, 0.6) is 0 Å². The van der Waals surface area contributed by atoms with Gasteiger partial charge in [0.05, 0.1) is 12.0 Å². The number of esters is 1. The number of benzene rings is 1. The van der Waals surface area contributed by atoms with Gasteiger partial charge in [-0.05, 0) is 24.3 Å². The average Bonchev–Trinajstić information content (AvgIpc) is 3.00. The number of Topliss-reactive ketones (excluding diaryl/α,β-unsaturated/α-hetero) is 1. The van der Waals surface area contributed by atoms with Gasteiger partial charge in [-0.3, -0.25) is 14.5 Å². The first-order chi connectivity index (χ1) is 11.0. The molecule has 1 N–H and O–H groups in total. The molecular formula is C15H11ClN2O4S. The van der Waals surface area contributed by atoms with Crippen LogP contribution in [0.1, 0.15) is 10.4 Å².